The van der Waals surface area contributed by atoms with Crippen LogP contribution in [-0.4, -0.2) is 66.5 Å². The molecule has 11 nitrogen and oxygen atoms in total. The van der Waals surface area contributed by atoms with Crippen molar-refractivity contribution in [2.45, 2.75) is 226 Å². The molecule has 0 radical (unpaired) electrons. The Morgan fingerprint density at radius 1 is 0.439 bits per heavy atom. The molecule has 0 spiro atoms. The quantitative estimate of drug-likeness (QED) is 0.0197. The van der Waals surface area contributed by atoms with E-state index in [-0.39, 0.29) is 25.9 Å². The average molecular weight is 949 g/mol. The second-order valence-corrected chi connectivity index (χ2v) is 18.4. The van der Waals surface area contributed by atoms with Gasteiger partial charge in [-0.3, -0.25) is 23.4 Å². The number of esters is 3. The number of aliphatic hydroxyl groups excluding tert-OH is 1. The van der Waals surface area contributed by atoms with E-state index >= 15 is 0 Å². The predicted octanol–water partition coefficient (Wildman–Crippen LogP) is 14.6. The van der Waals surface area contributed by atoms with E-state index in [1.165, 1.54) is 51.4 Å². The van der Waals surface area contributed by atoms with Crippen molar-refractivity contribution in [3.63, 3.8) is 0 Å². The van der Waals surface area contributed by atoms with E-state index in [0.29, 0.717) is 19.3 Å². The van der Waals surface area contributed by atoms with Crippen LogP contribution in [0, 0.1) is 0 Å². The summed E-state index contributed by atoms with van der Waals surface area (Å²) in [4.78, 5) is 48.2. The Bertz CT molecular complexity index is 1390. The molecule has 0 aromatic heterocycles. The van der Waals surface area contributed by atoms with Crippen LogP contribution in [0.1, 0.15) is 213 Å². The molecule has 3 unspecified atom stereocenters. The molecule has 0 aliphatic carbocycles. The number of unbranched alkanes of at least 4 members (excludes halogenated alkanes) is 18. The monoisotopic (exact) mass is 949 g/mol. The number of hydrogen-bond donors (Lipinski definition) is 2. The first kappa shape index (κ1) is 62.9. The molecule has 0 aromatic carbocycles. The Morgan fingerprint density at radius 2 is 0.818 bits per heavy atom. The van der Waals surface area contributed by atoms with E-state index in [9.17, 15) is 28.9 Å². The Morgan fingerprint density at radius 3 is 1.27 bits per heavy atom. The first-order chi connectivity index (χ1) is 32.2. The van der Waals surface area contributed by atoms with Gasteiger partial charge in [0.2, 0.25) is 0 Å². The number of aliphatic hydroxyl groups is 1. The van der Waals surface area contributed by atoms with Crippen molar-refractivity contribution < 1.29 is 52.2 Å². The van der Waals surface area contributed by atoms with Gasteiger partial charge < -0.3 is 24.2 Å². The van der Waals surface area contributed by atoms with Gasteiger partial charge in [0.25, 0.3) is 0 Å². The molecular formula is C54H93O11P. The number of phosphoric ester groups is 1. The zero-order chi connectivity index (χ0) is 48.4. The molecule has 0 aliphatic rings. The summed E-state index contributed by atoms with van der Waals surface area (Å²) in [5.74, 6) is -1.59. The molecular weight excluding hydrogens is 856 g/mol. The Labute approximate surface area is 401 Å². The molecule has 0 amide bonds. The highest BCUT2D eigenvalue weighted by Gasteiger charge is 2.28. The van der Waals surface area contributed by atoms with Gasteiger partial charge >= 0.3 is 25.7 Å². The second kappa shape index (κ2) is 48.4. The van der Waals surface area contributed by atoms with E-state index in [4.69, 9.17) is 23.3 Å². The zero-order valence-electron chi connectivity index (χ0n) is 41.6. The van der Waals surface area contributed by atoms with Crippen LogP contribution in [-0.2, 0) is 42.2 Å². The summed E-state index contributed by atoms with van der Waals surface area (Å²) in [5.41, 5.74) is 0. The third-order valence-corrected chi connectivity index (χ3v) is 11.5. The second-order valence-electron chi connectivity index (χ2n) is 16.9. The Hall–Kier alpha value is -3.08. The van der Waals surface area contributed by atoms with E-state index in [0.717, 1.165) is 103 Å². The molecule has 12 heteroatoms. The topological polar surface area (TPSA) is 155 Å². The van der Waals surface area contributed by atoms with Crippen LogP contribution in [0.15, 0.2) is 72.9 Å². The van der Waals surface area contributed by atoms with Crippen molar-refractivity contribution in [3.8, 4) is 0 Å². The lowest BCUT2D eigenvalue weighted by molar-refractivity contribution is -0.161. The maximum atomic E-state index is 12.8. The van der Waals surface area contributed by atoms with Crippen molar-refractivity contribution in [2.24, 2.45) is 0 Å². The molecule has 0 saturated heterocycles. The maximum Gasteiger partial charge on any atom is 0.472 e. The van der Waals surface area contributed by atoms with Gasteiger partial charge in [0.15, 0.2) is 6.10 Å². The number of rotatable bonds is 47. The Balaban J connectivity index is 4.83. The Kier molecular flexibility index (Phi) is 46.1. The third-order valence-electron chi connectivity index (χ3n) is 10.6. The maximum absolute atomic E-state index is 12.8. The lowest BCUT2D eigenvalue weighted by Gasteiger charge is -2.21. The highest BCUT2D eigenvalue weighted by Crippen LogP contribution is 2.43. The molecule has 2 N–H and O–H groups in total. The average Bonchev–Trinajstić information content (AvgIpc) is 3.30. The standard InChI is InChI=1S/C54H93O11P/c1-4-7-10-13-16-19-22-25-28-31-34-37-40-43-52(56)61-47-51(65-54(58)45-42-39-36-33-30-27-24-21-18-15-12-9-6-3)49-63-66(59,60)62-48-50(46-55)64-53(57)44-41-38-35-32-29-26-23-20-17-14-11-8-5-2/h7,10,16,19-21,23-25,28,34,37,50-51,55H,4-6,8-9,11-15,17-18,22,26-27,29-33,35-36,38-49H2,1-3H3,(H,59,60)/b10-7-,19-16-,23-20-,24-21-,28-25-,37-34-. The summed E-state index contributed by atoms with van der Waals surface area (Å²) in [5, 5.41) is 9.77. The number of hydrogen-bond acceptors (Lipinski definition) is 10. The fourth-order valence-corrected chi connectivity index (χ4v) is 7.44. The number of phosphoric acid groups is 1. The van der Waals surface area contributed by atoms with Crippen LogP contribution in [0.3, 0.4) is 0 Å². The van der Waals surface area contributed by atoms with Gasteiger partial charge in [0.1, 0.15) is 12.7 Å². The van der Waals surface area contributed by atoms with Crippen molar-refractivity contribution in [1.29, 1.82) is 0 Å². The first-order valence-corrected chi connectivity index (χ1v) is 27.3. The van der Waals surface area contributed by atoms with E-state index in [1.54, 1.807) is 0 Å². The van der Waals surface area contributed by atoms with Crippen LogP contribution in [0.2, 0.25) is 0 Å². The number of allylic oxidation sites excluding steroid dienone is 12. The van der Waals surface area contributed by atoms with Gasteiger partial charge in [0, 0.05) is 19.3 Å². The van der Waals surface area contributed by atoms with Crippen molar-refractivity contribution in [2.75, 3.05) is 26.4 Å². The molecule has 380 valence electrons. The first-order valence-electron chi connectivity index (χ1n) is 25.8. The molecule has 0 fully saturated rings. The minimum absolute atomic E-state index is 0.102. The highest BCUT2D eigenvalue weighted by atomic mass is 31.2. The van der Waals surface area contributed by atoms with E-state index in [2.05, 4.69) is 81.5 Å². The molecule has 0 bridgehead atoms. The number of ether oxygens (including phenoxy) is 3. The fraction of sp³-hybridized carbons (Fsp3) is 0.722. The van der Waals surface area contributed by atoms with Crippen LogP contribution in [0.5, 0.6) is 0 Å². The summed E-state index contributed by atoms with van der Waals surface area (Å²) in [6.45, 7) is 4.37. The van der Waals surface area contributed by atoms with Gasteiger partial charge in [0.05, 0.1) is 19.8 Å². The lowest BCUT2D eigenvalue weighted by atomic mass is 10.1. The van der Waals surface area contributed by atoms with Crippen LogP contribution < -0.4 is 0 Å². The van der Waals surface area contributed by atoms with Gasteiger partial charge in [-0.25, -0.2) is 4.57 Å². The SMILES string of the molecule is CC/C=C\C/C=C\C/C=C\C/C=C\CCC(=O)OCC(COP(=O)(O)OCC(CO)OC(=O)CCCCCCC/C=C\CCCCCC)OC(=O)CCCCCCC/C=C\CCCCCC. The molecule has 66 heavy (non-hydrogen) atoms. The minimum atomic E-state index is -4.76. The van der Waals surface area contributed by atoms with Crippen LogP contribution in [0.4, 0.5) is 0 Å². The third kappa shape index (κ3) is 46.0. The molecule has 0 rings (SSSR count). The van der Waals surface area contributed by atoms with Crippen molar-refractivity contribution >= 4 is 25.7 Å². The molecule has 0 heterocycles. The van der Waals surface area contributed by atoms with Gasteiger partial charge in [-0.2, -0.15) is 0 Å². The summed E-state index contributed by atoms with van der Waals surface area (Å²) in [6.07, 6.45) is 51.7. The van der Waals surface area contributed by atoms with Crippen LogP contribution in [0.25, 0.3) is 0 Å². The van der Waals surface area contributed by atoms with E-state index in [1.807, 2.05) is 12.2 Å². The molecule has 0 saturated carbocycles. The summed E-state index contributed by atoms with van der Waals surface area (Å²) < 4.78 is 39.2. The summed E-state index contributed by atoms with van der Waals surface area (Å²) in [6, 6.07) is 0. The molecule has 3 atom stereocenters. The van der Waals surface area contributed by atoms with Gasteiger partial charge in [-0.15, -0.1) is 0 Å². The van der Waals surface area contributed by atoms with Crippen molar-refractivity contribution in [3.05, 3.63) is 72.9 Å². The van der Waals surface area contributed by atoms with Gasteiger partial charge in [-0.1, -0.05) is 171 Å². The normalized spacial score (nSPS) is 14.1. The summed E-state index contributed by atoms with van der Waals surface area (Å²) in [7, 11) is -4.76. The van der Waals surface area contributed by atoms with Crippen molar-refractivity contribution in [1.82, 2.24) is 0 Å². The zero-order valence-corrected chi connectivity index (χ0v) is 42.5. The smallest absolute Gasteiger partial charge is 0.462 e. The minimum Gasteiger partial charge on any atom is -0.462 e. The van der Waals surface area contributed by atoms with Crippen LogP contribution >= 0.6 is 7.82 Å². The lowest BCUT2D eigenvalue weighted by Crippen LogP contribution is -2.30. The highest BCUT2D eigenvalue weighted by molar-refractivity contribution is 7.47. The fourth-order valence-electron chi connectivity index (χ4n) is 6.65. The predicted molar refractivity (Wildman–Crippen MR) is 270 cm³/mol. The largest absolute Gasteiger partial charge is 0.472 e. The molecule has 0 aliphatic heterocycles. The summed E-state index contributed by atoms with van der Waals surface area (Å²) >= 11 is 0. The number of carbonyl (C=O) groups excluding carboxylic acids is 3. The van der Waals surface area contributed by atoms with E-state index < -0.39 is 57.8 Å². The van der Waals surface area contributed by atoms with Gasteiger partial charge in [-0.05, 0) is 96.3 Å². The molecule has 0 aromatic rings. The number of carbonyl (C=O) groups is 3.